The van der Waals surface area contributed by atoms with E-state index in [1.165, 1.54) is 19.3 Å². The van der Waals surface area contributed by atoms with E-state index in [0.29, 0.717) is 30.1 Å². The second-order valence-corrected chi connectivity index (χ2v) is 9.35. The Morgan fingerprint density at radius 2 is 1.83 bits per heavy atom. The molecule has 136 valence electrons. The van der Waals surface area contributed by atoms with E-state index in [2.05, 4.69) is 11.8 Å². The predicted molar refractivity (Wildman–Crippen MR) is 92.5 cm³/mol. The lowest BCUT2D eigenvalue weighted by atomic mass is 9.47. The van der Waals surface area contributed by atoms with Crippen LogP contribution in [-0.4, -0.2) is 47.8 Å². The van der Waals surface area contributed by atoms with Crippen LogP contribution in [0.3, 0.4) is 0 Å². The van der Waals surface area contributed by atoms with Crippen molar-refractivity contribution in [1.29, 1.82) is 0 Å². The number of aliphatic hydroxyl groups is 1. The standard InChI is InChI=1S/C20H33NO3/c1-2-21(13-15-3-5-24-6-4-15)18(22)12-19-8-16-7-17(9-19)11-20(23,10-16)14-19/h15-17,23H,2-14H2,1H3/t16-,17-,19?,20?/m0/s1. The summed E-state index contributed by atoms with van der Waals surface area (Å²) in [4.78, 5) is 15.1. The van der Waals surface area contributed by atoms with Gasteiger partial charge in [0.1, 0.15) is 0 Å². The molecule has 24 heavy (non-hydrogen) atoms. The van der Waals surface area contributed by atoms with E-state index in [9.17, 15) is 9.90 Å². The summed E-state index contributed by atoms with van der Waals surface area (Å²) in [5.74, 6) is 2.25. The van der Waals surface area contributed by atoms with Crippen LogP contribution in [0.1, 0.15) is 64.7 Å². The smallest absolute Gasteiger partial charge is 0.223 e. The molecule has 0 spiro atoms. The zero-order valence-electron chi connectivity index (χ0n) is 15.1. The molecule has 1 aliphatic heterocycles. The third-order valence-electron chi connectivity index (χ3n) is 7.23. The SMILES string of the molecule is CCN(CC1CCOCC1)C(=O)CC12C[C@@H]3C[C@H](CC(O)(C3)C1)C2. The molecule has 0 radical (unpaired) electrons. The molecule has 2 atom stereocenters. The molecule has 1 heterocycles. The summed E-state index contributed by atoms with van der Waals surface area (Å²) in [7, 11) is 0. The van der Waals surface area contributed by atoms with Gasteiger partial charge >= 0.3 is 0 Å². The first-order chi connectivity index (χ1) is 11.5. The van der Waals surface area contributed by atoms with Gasteiger partial charge in [-0.15, -0.1) is 0 Å². The monoisotopic (exact) mass is 335 g/mol. The molecule has 0 unspecified atom stereocenters. The van der Waals surface area contributed by atoms with E-state index in [1.807, 2.05) is 0 Å². The van der Waals surface area contributed by atoms with Crippen molar-refractivity contribution in [1.82, 2.24) is 4.90 Å². The van der Waals surface area contributed by atoms with Crippen LogP contribution in [0.4, 0.5) is 0 Å². The van der Waals surface area contributed by atoms with Crippen LogP contribution >= 0.6 is 0 Å². The van der Waals surface area contributed by atoms with Crippen molar-refractivity contribution >= 4 is 5.91 Å². The van der Waals surface area contributed by atoms with Crippen LogP contribution in [0.15, 0.2) is 0 Å². The van der Waals surface area contributed by atoms with E-state index >= 15 is 0 Å². The molecular formula is C20H33NO3. The van der Waals surface area contributed by atoms with Crippen LogP contribution < -0.4 is 0 Å². The largest absolute Gasteiger partial charge is 0.390 e. The molecule has 5 rings (SSSR count). The molecule has 4 nitrogen and oxygen atoms in total. The van der Waals surface area contributed by atoms with E-state index in [1.54, 1.807) is 0 Å². The van der Waals surface area contributed by atoms with E-state index < -0.39 is 5.60 Å². The zero-order valence-corrected chi connectivity index (χ0v) is 15.1. The molecule has 1 N–H and O–H groups in total. The van der Waals surface area contributed by atoms with Gasteiger partial charge in [-0.2, -0.15) is 0 Å². The second kappa shape index (κ2) is 6.28. The van der Waals surface area contributed by atoms with Crippen LogP contribution in [0, 0.1) is 23.2 Å². The molecule has 4 heteroatoms. The molecule has 0 aromatic carbocycles. The molecule has 1 saturated heterocycles. The van der Waals surface area contributed by atoms with Crippen molar-refractivity contribution in [3.05, 3.63) is 0 Å². The van der Waals surface area contributed by atoms with Gasteiger partial charge in [0, 0.05) is 32.7 Å². The number of amides is 1. The lowest BCUT2D eigenvalue weighted by Crippen LogP contribution is -2.56. The minimum Gasteiger partial charge on any atom is -0.390 e. The number of rotatable bonds is 5. The highest BCUT2D eigenvalue weighted by Gasteiger charge is 2.57. The summed E-state index contributed by atoms with van der Waals surface area (Å²) in [5, 5.41) is 10.9. The Morgan fingerprint density at radius 1 is 1.17 bits per heavy atom. The Hall–Kier alpha value is -0.610. The highest BCUT2D eigenvalue weighted by molar-refractivity contribution is 5.77. The maximum absolute atomic E-state index is 13.0. The molecule has 0 aromatic rings. The topological polar surface area (TPSA) is 49.8 Å². The lowest BCUT2D eigenvalue weighted by Gasteiger charge is -2.60. The maximum Gasteiger partial charge on any atom is 0.223 e. The van der Waals surface area contributed by atoms with Gasteiger partial charge in [0.05, 0.1) is 5.60 Å². The summed E-state index contributed by atoms with van der Waals surface area (Å²) in [6.45, 7) is 5.49. The second-order valence-electron chi connectivity index (χ2n) is 9.35. The van der Waals surface area contributed by atoms with E-state index in [-0.39, 0.29) is 5.41 Å². The molecule has 0 aromatic heterocycles. The van der Waals surface area contributed by atoms with Crippen LogP contribution in [0.5, 0.6) is 0 Å². The Balaban J connectivity index is 1.41. The van der Waals surface area contributed by atoms with Crippen molar-refractivity contribution in [3.63, 3.8) is 0 Å². The first-order valence-electron chi connectivity index (χ1n) is 10.1. The highest BCUT2D eigenvalue weighted by Crippen LogP contribution is 2.62. The highest BCUT2D eigenvalue weighted by atomic mass is 16.5. The number of nitrogens with zero attached hydrogens (tertiary/aromatic N) is 1. The van der Waals surface area contributed by atoms with Gasteiger partial charge in [-0.3, -0.25) is 4.79 Å². The fraction of sp³-hybridized carbons (Fsp3) is 0.950. The number of hydrogen-bond acceptors (Lipinski definition) is 3. The molecule has 4 saturated carbocycles. The summed E-state index contributed by atoms with van der Waals surface area (Å²) in [6.07, 6.45) is 9.30. The van der Waals surface area contributed by atoms with Crippen molar-refractivity contribution in [3.8, 4) is 0 Å². The molecule has 1 amide bonds. The predicted octanol–water partition coefficient (Wildman–Crippen LogP) is 2.98. The average molecular weight is 335 g/mol. The van der Waals surface area contributed by atoms with Gasteiger partial charge in [-0.1, -0.05) is 0 Å². The molecule has 4 aliphatic carbocycles. The lowest BCUT2D eigenvalue weighted by molar-refractivity contribution is -0.172. The molecule has 4 bridgehead atoms. The van der Waals surface area contributed by atoms with Crippen LogP contribution in [-0.2, 0) is 9.53 Å². The first kappa shape index (κ1) is 16.8. The van der Waals surface area contributed by atoms with Crippen molar-refractivity contribution in [2.45, 2.75) is 70.3 Å². The first-order valence-corrected chi connectivity index (χ1v) is 10.1. The normalized spacial score (nSPS) is 41.6. The fourth-order valence-electron chi connectivity index (χ4n) is 6.69. The van der Waals surface area contributed by atoms with E-state index in [0.717, 1.165) is 58.4 Å². The Labute approximate surface area is 145 Å². The van der Waals surface area contributed by atoms with Gasteiger partial charge in [0.15, 0.2) is 0 Å². The quantitative estimate of drug-likeness (QED) is 0.840. The van der Waals surface area contributed by atoms with Gasteiger partial charge in [0.2, 0.25) is 5.91 Å². The van der Waals surface area contributed by atoms with Gasteiger partial charge in [-0.25, -0.2) is 0 Å². The molecule has 5 aliphatic rings. The fourth-order valence-corrected chi connectivity index (χ4v) is 6.69. The molecular weight excluding hydrogens is 302 g/mol. The Bertz CT molecular complexity index is 471. The summed E-state index contributed by atoms with van der Waals surface area (Å²) < 4.78 is 5.45. The number of carbonyl (C=O) groups excluding carboxylic acids is 1. The third-order valence-corrected chi connectivity index (χ3v) is 7.23. The Morgan fingerprint density at radius 3 is 2.42 bits per heavy atom. The van der Waals surface area contributed by atoms with E-state index in [4.69, 9.17) is 4.74 Å². The minimum absolute atomic E-state index is 0.0962. The van der Waals surface area contributed by atoms with Gasteiger partial charge < -0.3 is 14.7 Å². The van der Waals surface area contributed by atoms with Crippen molar-refractivity contribution in [2.75, 3.05) is 26.3 Å². The van der Waals surface area contributed by atoms with Crippen LogP contribution in [0.25, 0.3) is 0 Å². The van der Waals surface area contributed by atoms with Gasteiger partial charge in [-0.05, 0) is 81.5 Å². The van der Waals surface area contributed by atoms with Crippen molar-refractivity contribution in [2.24, 2.45) is 23.2 Å². The van der Waals surface area contributed by atoms with Crippen molar-refractivity contribution < 1.29 is 14.6 Å². The molecule has 5 fully saturated rings. The summed E-state index contributed by atoms with van der Waals surface area (Å²) in [5.41, 5.74) is -0.360. The minimum atomic E-state index is -0.456. The summed E-state index contributed by atoms with van der Waals surface area (Å²) in [6, 6.07) is 0. The van der Waals surface area contributed by atoms with Gasteiger partial charge in [0.25, 0.3) is 0 Å². The average Bonchev–Trinajstić information content (AvgIpc) is 2.50. The number of carbonyl (C=O) groups is 1. The number of ether oxygens (including phenoxy) is 1. The zero-order chi connectivity index (χ0) is 16.8. The van der Waals surface area contributed by atoms with Crippen LogP contribution in [0.2, 0.25) is 0 Å². The maximum atomic E-state index is 13.0. The summed E-state index contributed by atoms with van der Waals surface area (Å²) >= 11 is 0. The number of hydrogen-bond donors (Lipinski definition) is 1. The third kappa shape index (κ3) is 3.24. The Kier molecular flexibility index (Phi) is 4.41.